The Hall–Kier alpha value is -2.21. The molecule has 2 aromatic rings. The van der Waals surface area contributed by atoms with Crippen LogP contribution in [0.2, 0.25) is 0 Å². The summed E-state index contributed by atoms with van der Waals surface area (Å²) in [6, 6.07) is 6.32. The number of benzene rings is 1. The number of nitrogens with one attached hydrogen (secondary N) is 1. The molecule has 6 heteroatoms. The third-order valence-electron chi connectivity index (χ3n) is 3.89. The lowest BCUT2D eigenvalue weighted by Gasteiger charge is -2.27. The molecule has 24 heavy (non-hydrogen) atoms. The van der Waals surface area contributed by atoms with Crippen LogP contribution in [-0.4, -0.2) is 34.6 Å². The summed E-state index contributed by atoms with van der Waals surface area (Å²) in [5.74, 6) is 0.512. The van der Waals surface area contributed by atoms with Crippen LogP contribution in [0.25, 0.3) is 11.3 Å². The van der Waals surface area contributed by atoms with Crippen LogP contribution in [0.1, 0.15) is 32.1 Å². The molecule has 128 valence electrons. The first-order valence-corrected chi connectivity index (χ1v) is 8.08. The van der Waals surface area contributed by atoms with Gasteiger partial charge in [0.2, 0.25) is 5.91 Å². The van der Waals surface area contributed by atoms with Crippen molar-refractivity contribution in [3.63, 3.8) is 0 Å². The first-order chi connectivity index (χ1) is 11.3. The van der Waals surface area contributed by atoms with Gasteiger partial charge in [0, 0.05) is 36.2 Å². The van der Waals surface area contributed by atoms with Crippen molar-refractivity contribution in [2.75, 3.05) is 13.1 Å². The van der Waals surface area contributed by atoms with Crippen molar-refractivity contribution in [1.29, 1.82) is 0 Å². The number of halogens is 1. The zero-order valence-corrected chi connectivity index (χ0v) is 14.2. The van der Waals surface area contributed by atoms with E-state index in [1.807, 2.05) is 26.8 Å². The Bertz CT molecular complexity index is 749. The largest absolute Gasteiger partial charge is 0.360 e. The molecule has 0 fully saturated rings. The number of aromatic nitrogens is 1. The highest BCUT2D eigenvalue weighted by molar-refractivity contribution is 5.78. The second-order valence-electron chi connectivity index (χ2n) is 7.20. The molecule has 1 aliphatic rings. The van der Waals surface area contributed by atoms with Gasteiger partial charge >= 0.3 is 0 Å². The van der Waals surface area contributed by atoms with E-state index < -0.39 is 0 Å². The van der Waals surface area contributed by atoms with Crippen LogP contribution in [0.4, 0.5) is 4.39 Å². The normalized spacial score (nSPS) is 15.2. The second-order valence-corrected chi connectivity index (χ2v) is 7.20. The molecule has 1 aromatic carbocycles. The molecule has 0 radical (unpaired) electrons. The number of hydrogen-bond donors (Lipinski definition) is 1. The summed E-state index contributed by atoms with van der Waals surface area (Å²) in [5, 5.41) is 7.08. The van der Waals surface area contributed by atoms with E-state index in [2.05, 4.69) is 15.4 Å². The van der Waals surface area contributed by atoms with Gasteiger partial charge in [-0.1, -0.05) is 17.3 Å². The van der Waals surface area contributed by atoms with Gasteiger partial charge in [0.05, 0.1) is 6.54 Å². The maximum absolute atomic E-state index is 13.5. The molecule has 0 aliphatic carbocycles. The summed E-state index contributed by atoms with van der Waals surface area (Å²) in [7, 11) is 0. The first kappa shape index (κ1) is 16.6. The zero-order valence-electron chi connectivity index (χ0n) is 14.2. The lowest BCUT2D eigenvalue weighted by molar-refractivity contribution is -0.123. The van der Waals surface area contributed by atoms with Gasteiger partial charge in [-0.05, 0) is 32.9 Å². The molecule has 0 saturated carbocycles. The standard InChI is InChI=1S/C18H22FN3O2/c1-18(2,3)20-16(23)11-22-8-7-15-14(10-22)17(21-24-15)12-5-4-6-13(19)9-12/h4-6,9H,7-8,10-11H2,1-3H3,(H,20,23). The van der Waals surface area contributed by atoms with Gasteiger partial charge < -0.3 is 9.84 Å². The topological polar surface area (TPSA) is 58.4 Å². The molecular weight excluding hydrogens is 309 g/mol. The number of fused-ring (bicyclic) bond motifs is 1. The van der Waals surface area contributed by atoms with Crippen molar-refractivity contribution in [2.45, 2.75) is 39.3 Å². The highest BCUT2D eigenvalue weighted by Crippen LogP contribution is 2.30. The van der Waals surface area contributed by atoms with E-state index in [0.29, 0.717) is 30.8 Å². The van der Waals surface area contributed by atoms with E-state index in [-0.39, 0.29) is 17.3 Å². The number of carbonyl (C=O) groups is 1. The van der Waals surface area contributed by atoms with E-state index in [1.54, 1.807) is 6.07 Å². The van der Waals surface area contributed by atoms with E-state index in [1.165, 1.54) is 12.1 Å². The monoisotopic (exact) mass is 331 g/mol. The third-order valence-corrected chi connectivity index (χ3v) is 3.89. The fourth-order valence-electron chi connectivity index (χ4n) is 2.92. The van der Waals surface area contributed by atoms with Gasteiger partial charge in [-0.15, -0.1) is 0 Å². The van der Waals surface area contributed by atoms with Crippen molar-refractivity contribution in [3.8, 4) is 11.3 Å². The van der Waals surface area contributed by atoms with Crippen LogP contribution in [0.3, 0.4) is 0 Å². The van der Waals surface area contributed by atoms with Gasteiger partial charge in [-0.3, -0.25) is 9.69 Å². The van der Waals surface area contributed by atoms with Crippen LogP contribution >= 0.6 is 0 Å². The Kier molecular flexibility index (Phi) is 4.41. The molecule has 1 aliphatic heterocycles. The number of carbonyl (C=O) groups excluding carboxylic acids is 1. The minimum atomic E-state index is -0.304. The second kappa shape index (κ2) is 6.36. The van der Waals surface area contributed by atoms with Crippen molar-refractivity contribution in [3.05, 3.63) is 41.4 Å². The average Bonchev–Trinajstić information content (AvgIpc) is 2.88. The Balaban J connectivity index is 1.76. The van der Waals surface area contributed by atoms with Crippen LogP contribution in [-0.2, 0) is 17.8 Å². The SMILES string of the molecule is CC(C)(C)NC(=O)CN1CCc2onc(-c3cccc(F)c3)c2C1. The third kappa shape index (κ3) is 3.82. The predicted octanol–water partition coefficient (Wildman–Crippen LogP) is 2.75. The Morgan fingerprint density at radius 2 is 2.21 bits per heavy atom. The molecule has 0 atom stereocenters. The molecule has 0 saturated heterocycles. The molecule has 2 heterocycles. The zero-order chi connectivity index (χ0) is 17.3. The van der Waals surface area contributed by atoms with Gasteiger partial charge in [0.25, 0.3) is 0 Å². The quantitative estimate of drug-likeness (QED) is 0.939. The Morgan fingerprint density at radius 3 is 2.92 bits per heavy atom. The predicted molar refractivity (Wildman–Crippen MR) is 88.8 cm³/mol. The molecule has 0 unspecified atom stereocenters. The average molecular weight is 331 g/mol. The minimum Gasteiger partial charge on any atom is -0.360 e. The van der Waals surface area contributed by atoms with Gasteiger partial charge in [-0.25, -0.2) is 4.39 Å². The fraction of sp³-hybridized carbons (Fsp3) is 0.444. The lowest BCUT2D eigenvalue weighted by atomic mass is 10.0. The van der Waals surface area contributed by atoms with E-state index in [4.69, 9.17) is 4.52 Å². The number of amides is 1. The summed E-state index contributed by atoms with van der Waals surface area (Å²) < 4.78 is 18.9. The van der Waals surface area contributed by atoms with E-state index >= 15 is 0 Å². The molecule has 1 N–H and O–H groups in total. The Morgan fingerprint density at radius 1 is 1.42 bits per heavy atom. The minimum absolute atomic E-state index is 0.00490. The highest BCUT2D eigenvalue weighted by Gasteiger charge is 2.26. The first-order valence-electron chi connectivity index (χ1n) is 8.08. The van der Waals surface area contributed by atoms with Crippen LogP contribution in [0.15, 0.2) is 28.8 Å². The van der Waals surface area contributed by atoms with Gasteiger partial charge in [0.15, 0.2) is 0 Å². The lowest BCUT2D eigenvalue weighted by Crippen LogP contribution is -2.46. The van der Waals surface area contributed by atoms with E-state index in [9.17, 15) is 9.18 Å². The Labute approximate surface area is 140 Å². The van der Waals surface area contributed by atoms with Crippen molar-refractivity contribution >= 4 is 5.91 Å². The number of hydrogen-bond acceptors (Lipinski definition) is 4. The van der Waals surface area contributed by atoms with Crippen LogP contribution < -0.4 is 5.32 Å². The fourth-order valence-corrected chi connectivity index (χ4v) is 2.92. The molecule has 0 bridgehead atoms. The molecule has 3 rings (SSSR count). The van der Waals surface area contributed by atoms with Crippen LogP contribution in [0.5, 0.6) is 0 Å². The van der Waals surface area contributed by atoms with Crippen molar-refractivity contribution < 1.29 is 13.7 Å². The maximum atomic E-state index is 13.5. The number of rotatable bonds is 3. The van der Waals surface area contributed by atoms with Crippen molar-refractivity contribution in [2.24, 2.45) is 0 Å². The summed E-state index contributed by atoms with van der Waals surface area (Å²) in [4.78, 5) is 14.2. The molecule has 1 amide bonds. The summed E-state index contributed by atoms with van der Waals surface area (Å²) in [6.07, 6.45) is 0.695. The van der Waals surface area contributed by atoms with Crippen molar-refractivity contribution in [1.82, 2.24) is 15.4 Å². The molecular formula is C18H22FN3O2. The number of nitrogens with zero attached hydrogens (tertiary/aromatic N) is 2. The maximum Gasteiger partial charge on any atom is 0.234 e. The van der Waals surface area contributed by atoms with Gasteiger partial charge in [0.1, 0.15) is 17.3 Å². The molecule has 1 aromatic heterocycles. The van der Waals surface area contributed by atoms with Crippen LogP contribution in [0, 0.1) is 5.82 Å². The summed E-state index contributed by atoms with van der Waals surface area (Å²) in [5.41, 5.74) is 2.05. The summed E-state index contributed by atoms with van der Waals surface area (Å²) >= 11 is 0. The summed E-state index contributed by atoms with van der Waals surface area (Å²) in [6.45, 7) is 7.51. The molecule has 0 spiro atoms. The van der Waals surface area contributed by atoms with Gasteiger partial charge in [-0.2, -0.15) is 0 Å². The smallest absolute Gasteiger partial charge is 0.234 e. The molecule has 5 nitrogen and oxygen atoms in total. The van der Waals surface area contributed by atoms with E-state index in [0.717, 1.165) is 17.9 Å². The highest BCUT2D eigenvalue weighted by atomic mass is 19.1.